The topological polar surface area (TPSA) is 94.1 Å². The van der Waals surface area contributed by atoms with Crippen LogP contribution in [0.15, 0.2) is 54.6 Å². The van der Waals surface area contributed by atoms with Crippen LogP contribution in [0.4, 0.5) is 4.79 Å². The second-order valence-corrected chi connectivity index (χ2v) is 10.6. The van der Waals surface area contributed by atoms with Gasteiger partial charge in [0.1, 0.15) is 29.6 Å². The van der Waals surface area contributed by atoms with E-state index in [1.165, 1.54) is 0 Å². The predicted octanol–water partition coefficient (Wildman–Crippen LogP) is 5.04. The molecule has 0 aliphatic rings. The van der Waals surface area contributed by atoms with E-state index in [9.17, 15) is 14.7 Å². The number of aliphatic hydroxyl groups is 1. The molecule has 7 heteroatoms. The number of benzene rings is 2. The van der Waals surface area contributed by atoms with E-state index in [1.807, 2.05) is 54.6 Å². The molecule has 0 aliphatic carbocycles. The lowest BCUT2D eigenvalue weighted by atomic mass is 9.93. The van der Waals surface area contributed by atoms with E-state index >= 15 is 0 Å². The second-order valence-electron chi connectivity index (χ2n) is 10.6. The normalized spacial score (nSPS) is 13.5. The van der Waals surface area contributed by atoms with Crippen LogP contribution in [0.25, 0.3) is 0 Å². The maximum absolute atomic E-state index is 12.8. The number of nitrogens with one attached hydrogen (secondary N) is 1. The highest BCUT2D eigenvalue weighted by Gasteiger charge is 2.30. The van der Waals surface area contributed by atoms with Crippen molar-refractivity contribution in [2.45, 2.75) is 78.2 Å². The van der Waals surface area contributed by atoms with Gasteiger partial charge >= 0.3 is 12.1 Å². The Morgan fingerprint density at radius 3 is 2.00 bits per heavy atom. The van der Waals surface area contributed by atoms with Gasteiger partial charge in [0.05, 0.1) is 0 Å². The minimum Gasteiger partial charge on any atom is -0.489 e. The first-order valence-electron chi connectivity index (χ1n) is 11.9. The predicted molar refractivity (Wildman–Crippen MR) is 135 cm³/mol. The van der Waals surface area contributed by atoms with Gasteiger partial charge in [0.25, 0.3) is 0 Å². The number of rotatable bonds is 10. The summed E-state index contributed by atoms with van der Waals surface area (Å²) in [5.41, 5.74) is 0.650. The van der Waals surface area contributed by atoms with Crippen molar-refractivity contribution in [1.82, 2.24) is 5.32 Å². The molecular weight excluding hydrogens is 446 g/mol. The van der Waals surface area contributed by atoms with Crippen molar-refractivity contribution < 1.29 is 28.9 Å². The maximum atomic E-state index is 12.8. The van der Waals surface area contributed by atoms with Crippen molar-refractivity contribution in [2.75, 3.05) is 6.61 Å². The second kappa shape index (κ2) is 12.6. The zero-order valence-corrected chi connectivity index (χ0v) is 21.7. The van der Waals surface area contributed by atoms with E-state index in [0.717, 1.165) is 16.9 Å². The molecule has 0 aromatic heterocycles. The molecule has 0 spiro atoms. The van der Waals surface area contributed by atoms with Gasteiger partial charge in [-0.3, -0.25) is 0 Å². The summed E-state index contributed by atoms with van der Waals surface area (Å²) in [6.07, 6.45) is 0.0202. The number of carbonyl (C=O) groups is 2. The van der Waals surface area contributed by atoms with Crippen LogP contribution < -0.4 is 10.1 Å². The fraction of sp³-hybridized carbons (Fsp3) is 0.500. The molecule has 2 aromatic carbocycles. The van der Waals surface area contributed by atoms with Crippen LogP contribution in [0.5, 0.6) is 5.75 Å². The Hall–Kier alpha value is -3.06. The summed E-state index contributed by atoms with van der Waals surface area (Å²) in [5, 5.41) is 12.6. The summed E-state index contributed by atoms with van der Waals surface area (Å²) >= 11 is 0. The minimum atomic E-state index is -0.949. The van der Waals surface area contributed by atoms with E-state index in [2.05, 4.69) is 5.32 Å². The van der Waals surface area contributed by atoms with E-state index in [-0.39, 0.29) is 18.9 Å². The van der Waals surface area contributed by atoms with Gasteiger partial charge < -0.3 is 24.6 Å². The van der Waals surface area contributed by atoms with Gasteiger partial charge in [0.2, 0.25) is 0 Å². The van der Waals surface area contributed by atoms with Crippen molar-refractivity contribution in [3.8, 4) is 5.75 Å². The quantitative estimate of drug-likeness (QED) is 0.458. The van der Waals surface area contributed by atoms with Crippen molar-refractivity contribution in [1.29, 1.82) is 0 Å². The molecule has 2 atom stereocenters. The van der Waals surface area contributed by atoms with Crippen molar-refractivity contribution >= 4 is 12.1 Å². The third-order valence-electron chi connectivity index (χ3n) is 4.91. The Bertz CT molecular complexity index is 929. The molecule has 0 bridgehead atoms. The smallest absolute Gasteiger partial charge is 0.408 e. The van der Waals surface area contributed by atoms with Crippen LogP contribution in [-0.4, -0.2) is 41.0 Å². The fourth-order valence-corrected chi connectivity index (χ4v) is 3.39. The van der Waals surface area contributed by atoms with E-state index < -0.39 is 29.3 Å². The highest BCUT2D eigenvalue weighted by molar-refractivity contribution is 5.81. The number of esters is 1. The lowest BCUT2D eigenvalue weighted by molar-refractivity contribution is -0.158. The molecule has 0 radical (unpaired) electrons. The summed E-state index contributed by atoms with van der Waals surface area (Å²) in [5.74, 6) is -0.0959. The highest BCUT2D eigenvalue weighted by atomic mass is 16.6. The number of ether oxygens (including phenoxy) is 3. The molecule has 0 heterocycles. The molecule has 35 heavy (non-hydrogen) atoms. The molecule has 0 saturated heterocycles. The number of aliphatic hydroxyl groups excluding tert-OH is 1. The first-order valence-corrected chi connectivity index (χ1v) is 11.9. The van der Waals surface area contributed by atoms with Gasteiger partial charge in [-0.2, -0.15) is 0 Å². The number of carbonyl (C=O) groups excluding carboxylic acids is 2. The summed E-state index contributed by atoms with van der Waals surface area (Å²) in [6.45, 7) is 10.9. The number of hydrogen-bond donors (Lipinski definition) is 2. The van der Waals surface area contributed by atoms with Crippen LogP contribution in [-0.2, 0) is 27.3 Å². The van der Waals surface area contributed by atoms with Gasteiger partial charge in [0.15, 0.2) is 0 Å². The van der Waals surface area contributed by atoms with Crippen LogP contribution in [0, 0.1) is 5.92 Å². The Morgan fingerprint density at radius 1 is 0.857 bits per heavy atom. The summed E-state index contributed by atoms with van der Waals surface area (Å²) < 4.78 is 16.6. The molecule has 0 saturated carbocycles. The Kier molecular flexibility index (Phi) is 10.1. The average molecular weight is 486 g/mol. The monoisotopic (exact) mass is 485 g/mol. The molecule has 2 aromatic rings. The average Bonchev–Trinajstić information content (AvgIpc) is 2.75. The largest absolute Gasteiger partial charge is 0.489 e. The molecule has 0 fully saturated rings. The number of amides is 1. The van der Waals surface area contributed by atoms with Crippen LogP contribution in [0.3, 0.4) is 0 Å². The lowest BCUT2D eigenvalue weighted by Gasteiger charge is -2.28. The first kappa shape index (κ1) is 28.2. The van der Waals surface area contributed by atoms with Crippen molar-refractivity contribution in [3.63, 3.8) is 0 Å². The van der Waals surface area contributed by atoms with Crippen molar-refractivity contribution in [2.24, 2.45) is 5.92 Å². The molecule has 7 nitrogen and oxygen atoms in total. The maximum Gasteiger partial charge on any atom is 0.408 e. The van der Waals surface area contributed by atoms with Crippen molar-refractivity contribution in [3.05, 3.63) is 65.7 Å². The molecule has 1 amide bonds. The third-order valence-corrected chi connectivity index (χ3v) is 4.91. The van der Waals surface area contributed by atoms with E-state index in [1.54, 1.807) is 41.5 Å². The molecule has 0 aliphatic heterocycles. The zero-order chi connectivity index (χ0) is 26.1. The first-order chi connectivity index (χ1) is 16.3. The van der Waals surface area contributed by atoms with Crippen LogP contribution in [0.2, 0.25) is 0 Å². The summed E-state index contributed by atoms with van der Waals surface area (Å²) in [4.78, 5) is 25.2. The molecule has 192 valence electrons. The van der Waals surface area contributed by atoms with Gasteiger partial charge in [-0.15, -0.1) is 0 Å². The van der Waals surface area contributed by atoms with Crippen LogP contribution in [0.1, 0.15) is 59.1 Å². The highest BCUT2D eigenvalue weighted by Crippen LogP contribution is 2.20. The fourth-order valence-electron chi connectivity index (χ4n) is 3.39. The third kappa shape index (κ3) is 11.3. The molecule has 0 unspecified atom stereocenters. The molecular formula is C28H39NO6. The number of hydrogen-bond acceptors (Lipinski definition) is 6. The van der Waals surface area contributed by atoms with Gasteiger partial charge in [0, 0.05) is 6.61 Å². The number of alkyl carbamates (subject to hydrolysis) is 1. The molecule has 2 N–H and O–H groups in total. The van der Waals surface area contributed by atoms with E-state index in [4.69, 9.17) is 14.2 Å². The van der Waals surface area contributed by atoms with Gasteiger partial charge in [-0.25, -0.2) is 9.59 Å². The van der Waals surface area contributed by atoms with Crippen LogP contribution >= 0.6 is 0 Å². The zero-order valence-electron chi connectivity index (χ0n) is 21.7. The molecule has 2 rings (SSSR count). The Morgan fingerprint density at radius 2 is 1.46 bits per heavy atom. The SMILES string of the molecule is CC(C)(C)OC(=O)N[C@@H](C[C@@H](CO)Cc1ccc(OCc2ccccc2)cc1)C(=O)OC(C)(C)C. The lowest BCUT2D eigenvalue weighted by Crippen LogP contribution is -2.47. The standard InChI is InChI=1S/C28H39NO6/c1-27(2,3)34-25(31)24(29-26(32)35-28(4,5)6)17-22(18-30)16-20-12-14-23(15-13-20)33-19-21-10-8-7-9-11-21/h7-15,22,24,30H,16-19H2,1-6H3,(H,29,32)/t22-,24-/m0/s1. The Labute approximate surface area is 208 Å². The van der Waals surface area contributed by atoms with Gasteiger partial charge in [-0.05, 0) is 83.6 Å². The Balaban J connectivity index is 2.02. The van der Waals surface area contributed by atoms with E-state index in [0.29, 0.717) is 13.0 Å². The minimum absolute atomic E-state index is 0.151. The summed E-state index contributed by atoms with van der Waals surface area (Å²) in [6, 6.07) is 16.6. The van der Waals surface area contributed by atoms with Gasteiger partial charge in [-0.1, -0.05) is 42.5 Å². The summed E-state index contributed by atoms with van der Waals surface area (Å²) in [7, 11) is 0.